The molecule has 1 atom stereocenters. The van der Waals surface area contributed by atoms with Crippen LogP contribution in [0.25, 0.3) is 0 Å². The van der Waals surface area contributed by atoms with Gasteiger partial charge in [0.15, 0.2) is 5.78 Å². The van der Waals surface area contributed by atoms with E-state index < -0.39 is 0 Å². The van der Waals surface area contributed by atoms with Crippen LogP contribution in [0.15, 0.2) is 0 Å². The zero-order valence-corrected chi connectivity index (χ0v) is 12.7. The summed E-state index contributed by atoms with van der Waals surface area (Å²) in [6, 6.07) is -0.159. The Morgan fingerprint density at radius 2 is 1.75 bits per heavy atom. The second kappa shape index (κ2) is 8.43. The number of amides is 1. The lowest BCUT2D eigenvalue weighted by Crippen LogP contribution is -2.47. The lowest BCUT2D eigenvalue weighted by atomic mass is 9.85. The molecule has 0 spiro atoms. The second-order valence-corrected chi connectivity index (χ2v) is 6.58. The molecule has 1 N–H and O–H groups in total. The molecule has 0 aliphatic heterocycles. The van der Waals surface area contributed by atoms with Gasteiger partial charge in [-0.2, -0.15) is 0 Å². The number of unbranched alkanes of at least 4 members (excludes halogenated alkanes) is 3. The Morgan fingerprint density at radius 1 is 1.00 bits per heavy atom. The van der Waals surface area contributed by atoms with Crippen LogP contribution in [0.1, 0.15) is 83.5 Å². The lowest BCUT2D eigenvalue weighted by Gasteiger charge is -2.24. The van der Waals surface area contributed by atoms with Crippen molar-refractivity contribution in [2.75, 3.05) is 0 Å². The Labute approximate surface area is 122 Å². The molecule has 3 nitrogen and oxygen atoms in total. The van der Waals surface area contributed by atoms with Gasteiger partial charge in [0.2, 0.25) is 5.91 Å². The zero-order valence-electron chi connectivity index (χ0n) is 12.7. The molecule has 2 saturated carbocycles. The fraction of sp³-hybridized carbons (Fsp3) is 0.882. The van der Waals surface area contributed by atoms with Gasteiger partial charge in [-0.05, 0) is 18.8 Å². The average molecular weight is 279 g/mol. The number of hydrogen-bond acceptors (Lipinski definition) is 2. The van der Waals surface area contributed by atoms with Crippen molar-refractivity contribution in [3.05, 3.63) is 0 Å². The third kappa shape index (κ3) is 5.26. The molecule has 3 heteroatoms. The van der Waals surface area contributed by atoms with Crippen LogP contribution in [-0.2, 0) is 9.59 Å². The summed E-state index contributed by atoms with van der Waals surface area (Å²) < 4.78 is 0. The highest BCUT2D eigenvalue weighted by Crippen LogP contribution is 2.28. The van der Waals surface area contributed by atoms with E-state index in [0.717, 1.165) is 25.2 Å². The van der Waals surface area contributed by atoms with Gasteiger partial charge < -0.3 is 5.32 Å². The van der Waals surface area contributed by atoms with E-state index in [1.165, 1.54) is 51.4 Å². The third-order valence-electron chi connectivity index (χ3n) is 4.89. The number of carbonyl (C=O) groups excluding carboxylic acids is 2. The molecule has 2 rings (SSSR count). The van der Waals surface area contributed by atoms with Crippen molar-refractivity contribution in [1.82, 2.24) is 5.32 Å². The van der Waals surface area contributed by atoms with Crippen molar-refractivity contribution in [1.29, 1.82) is 0 Å². The highest BCUT2D eigenvalue weighted by Gasteiger charge is 2.28. The number of Topliss-reactive ketones (excluding diaryl/α,β-unsaturated/α-hetero) is 1. The quantitative estimate of drug-likeness (QED) is 0.688. The summed E-state index contributed by atoms with van der Waals surface area (Å²) in [4.78, 5) is 22.7. The molecule has 0 bridgehead atoms. The van der Waals surface area contributed by atoms with Gasteiger partial charge >= 0.3 is 0 Å². The SMILES string of the molecule is O=C(CCCCCCC1CCCCC1)N[C@H]1CCC1=O. The van der Waals surface area contributed by atoms with E-state index in [1.54, 1.807) is 0 Å². The second-order valence-electron chi connectivity index (χ2n) is 6.58. The van der Waals surface area contributed by atoms with E-state index >= 15 is 0 Å². The minimum atomic E-state index is -0.159. The monoisotopic (exact) mass is 279 g/mol. The van der Waals surface area contributed by atoms with Crippen molar-refractivity contribution in [3.63, 3.8) is 0 Å². The number of ketones is 1. The minimum absolute atomic E-state index is 0.0651. The highest BCUT2D eigenvalue weighted by molar-refractivity contribution is 5.93. The number of hydrogen-bond donors (Lipinski definition) is 1. The van der Waals surface area contributed by atoms with Crippen molar-refractivity contribution >= 4 is 11.7 Å². The summed E-state index contributed by atoms with van der Waals surface area (Å²) in [6.07, 6.45) is 15.4. The van der Waals surface area contributed by atoms with Gasteiger partial charge in [0.1, 0.15) is 0 Å². The van der Waals surface area contributed by atoms with Crippen molar-refractivity contribution in [2.24, 2.45) is 5.92 Å². The highest BCUT2D eigenvalue weighted by atomic mass is 16.2. The van der Waals surface area contributed by atoms with Gasteiger partial charge in [0.25, 0.3) is 0 Å². The van der Waals surface area contributed by atoms with Crippen LogP contribution in [0.4, 0.5) is 0 Å². The molecule has 0 aromatic rings. The first-order valence-electron chi connectivity index (χ1n) is 8.58. The van der Waals surface area contributed by atoms with E-state index in [4.69, 9.17) is 0 Å². The van der Waals surface area contributed by atoms with Gasteiger partial charge in [-0.3, -0.25) is 9.59 Å². The van der Waals surface area contributed by atoms with Gasteiger partial charge in [-0.15, -0.1) is 0 Å². The zero-order chi connectivity index (χ0) is 14.2. The molecule has 2 fully saturated rings. The average Bonchev–Trinajstić information content (AvgIpc) is 2.48. The van der Waals surface area contributed by atoms with Crippen LogP contribution in [0.2, 0.25) is 0 Å². The maximum Gasteiger partial charge on any atom is 0.220 e. The molecule has 0 heterocycles. The Kier molecular flexibility index (Phi) is 6.55. The lowest BCUT2D eigenvalue weighted by molar-refractivity contribution is -0.132. The van der Waals surface area contributed by atoms with Gasteiger partial charge in [0, 0.05) is 12.8 Å². The van der Waals surface area contributed by atoms with Crippen LogP contribution < -0.4 is 5.32 Å². The number of rotatable bonds is 8. The Bertz CT molecular complexity index is 321. The van der Waals surface area contributed by atoms with Crippen LogP contribution in [0.3, 0.4) is 0 Å². The molecule has 20 heavy (non-hydrogen) atoms. The molecule has 1 amide bonds. The standard InChI is InChI=1S/C17H29NO2/c19-16-13-12-15(16)18-17(20)11-7-2-1-4-8-14-9-5-3-6-10-14/h14-15H,1-13H2,(H,18,20)/t15-/m0/s1. The smallest absolute Gasteiger partial charge is 0.220 e. The van der Waals surface area contributed by atoms with Gasteiger partial charge in [0.05, 0.1) is 6.04 Å². The topological polar surface area (TPSA) is 46.2 Å². The summed E-state index contributed by atoms with van der Waals surface area (Å²) in [7, 11) is 0. The van der Waals surface area contributed by atoms with Crippen LogP contribution in [0, 0.1) is 5.92 Å². The first-order valence-corrected chi connectivity index (χ1v) is 8.58. The number of nitrogens with one attached hydrogen (secondary N) is 1. The molecule has 0 saturated heterocycles. The summed E-state index contributed by atoms with van der Waals surface area (Å²) in [5, 5.41) is 2.82. The number of carbonyl (C=O) groups is 2. The van der Waals surface area contributed by atoms with E-state index in [9.17, 15) is 9.59 Å². The van der Waals surface area contributed by atoms with E-state index in [2.05, 4.69) is 5.32 Å². The van der Waals surface area contributed by atoms with Crippen molar-refractivity contribution in [3.8, 4) is 0 Å². The Hall–Kier alpha value is -0.860. The molecule has 2 aliphatic carbocycles. The molecule has 0 radical (unpaired) electrons. The third-order valence-corrected chi connectivity index (χ3v) is 4.89. The first kappa shape index (κ1) is 15.5. The largest absolute Gasteiger partial charge is 0.346 e. The summed E-state index contributed by atoms with van der Waals surface area (Å²) in [6.45, 7) is 0. The molecule has 0 aromatic carbocycles. The molecular weight excluding hydrogens is 250 g/mol. The fourth-order valence-electron chi connectivity index (χ4n) is 3.37. The normalized spacial score (nSPS) is 23.4. The summed E-state index contributed by atoms with van der Waals surface area (Å²) >= 11 is 0. The van der Waals surface area contributed by atoms with Gasteiger partial charge in [-0.1, -0.05) is 57.8 Å². The maximum absolute atomic E-state index is 11.6. The fourth-order valence-corrected chi connectivity index (χ4v) is 3.37. The Morgan fingerprint density at radius 3 is 2.40 bits per heavy atom. The molecule has 0 unspecified atom stereocenters. The summed E-state index contributed by atoms with van der Waals surface area (Å²) in [5.41, 5.74) is 0. The molecule has 2 aliphatic rings. The Balaban J connectivity index is 1.41. The predicted molar refractivity (Wildman–Crippen MR) is 80.4 cm³/mol. The van der Waals surface area contributed by atoms with Crippen LogP contribution >= 0.6 is 0 Å². The molecular formula is C17H29NO2. The van der Waals surface area contributed by atoms with Gasteiger partial charge in [-0.25, -0.2) is 0 Å². The van der Waals surface area contributed by atoms with Crippen LogP contribution in [-0.4, -0.2) is 17.7 Å². The van der Waals surface area contributed by atoms with Crippen molar-refractivity contribution < 1.29 is 9.59 Å². The van der Waals surface area contributed by atoms with Crippen molar-refractivity contribution in [2.45, 2.75) is 89.5 Å². The summed E-state index contributed by atoms with van der Waals surface area (Å²) in [5.74, 6) is 1.25. The minimum Gasteiger partial charge on any atom is -0.346 e. The van der Waals surface area contributed by atoms with E-state index in [1.807, 2.05) is 0 Å². The van der Waals surface area contributed by atoms with Crippen LogP contribution in [0.5, 0.6) is 0 Å². The molecule has 114 valence electrons. The molecule has 0 aromatic heterocycles. The van der Waals surface area contributed by atoms with E-state index in [-0.39, 0.29) is 17.7 Å². The van der Waals surface area contributed by atoms with E-state index in [0.29, 0.717) is 12.8 Å². The first-order chi connectivity index (χ1) is 9.75. The maximum atomic E-state index is 11.6. The predicted octanol–water partition coefficient (Wildman–Crippen LogP) is 3.76.